The van der Waals surface area contributed by atoms with Crippen LogP contribution in [0, 0.1) is 0 Å². The molecule has 0 bridgehead atoms. The highest BCUT2D eigenvalue weighted by molar-refractivity contribution is 6.54. The Hall–Kier alpha value is -1.37. The molecule has 1 unspecified atom stereocenters. The Morgan fingerprint density at radius 2 is 1.79 bits per heavy atom. The second-order valence-electron chi connectivity index (χ2n) is 7.29. The average Bonchev–Trinajstić information content (AvgIpc) is 3.07. The van der Waals surface area contributed by atoms with Gasteiger partial charge in [-0.05, 0) is 51.5 Å². The second kappa shape index (κ2) is 6.50. The Balaban J connectivity index is 1.65. The minimum absolute atomic E-state index is 0.105. The van der Waals surface area contributed by atoms with Crippen LogP contribution in [0.5, 0.6) is 5.75 Å². The minimum atomic E-state index is -0.971. The van der Waals surface area contributed by atoms with Gasteiger partial charge in [0.25, 0.3) is 0 Å². The summed E-state index contributed by atoms with van der Waals surface area (Å²) in [5.41, 5.74) is -0.808. The summed E-state index contributed by atoms with van der Waals surface area (Å²) >= 11 is 0. The third-order valence-corrected chi connectivity index (χ3v) is 4.85. The molecule has 0 aliphatic carbocycles. The first-order valence-corrected chi connectivity index (χ1v) is 8.34. The van der Waals surface area contributed by atoms with Crippen LogP contribution in [0.3, 0.4) is 0 Å². The van der Waals surface area contributed by atoms with Gasteiger partial charge in [0.1, 0.15) is 17.6 Å². The molecule has 1 aromatic carbocycles. The van der Waals surface area contributed by atoms with E-state index >= 15 is 0 Å². The molecular weight excluding hydrogens is 310 g/mol. The fraction of sp³-hybridized carbons (Fsp3) is 0.556. The van der Waals surface area contributed by atoms with E-state index in [0.717, 1.165) is 24.3 Å². The van der Waals surface area contributed by atoms with Crippen LogP contribution in [0.15, 0.2) is 30.0 Å². The Bertz CT molecular complexity index is 590. The highest BCUT2D eigenvalue weighted by Gasteiger charge is 2.53. The smallest absolute Gasteiger partial charge is 0.488 e. The van der Waals surface area contributed by atoms with Gasteiger partial charge >= 0.3 is 7.12 Å². The van der Waals surface area contributed by atoms with E-state index in [9.17, 15) is 4.39 Å². The van der Waals surface area contributed by atoms with Crippen LogP contribution in [-0.2, 0) is 14.0 Å². The van der Waals surface area contributed by atoms with Gasteiger partial charge < -0.3 is 18.8 Å². The van der Waals surface area contributed by atoms with Gasteiger partial charge in [-0.1, -0.05) is 12.1 Å². The molecule has 130 valence electrons. The van der Waals surface area contributed by atoms with Crippen molar-refractivity contribution in [1.82, 2.24) is 0 Å². The summed E-state index contributed by atoms with van der Waals surface area (Å²) in [4.78, 5) is 0. The van der Waals surface area contributed by atoms with E-state index in [1.54, 1.807) is 0 Å². The van der Waals surface area contributed by atoms with Gasteiger partial charge in [0.2, 0.25) is 0 Å². The van der Waals surface area contributed by atoms with Crippen molar-refractivity contribution in [2.75, 3.05) is 13.2 Å². The van der Waals surface area contributed by atoms with Crippen molar-refractivity contribution in [2.24, 2.45) is 0 Å². The summed E-state index contributed by atoms with van der Waals surface area (Å²) in [5, 5.41) is 0. The van der Waals surface area contributed by atoms with Crippen LogP contribution in [0.2, 0.25) is 0 Å². The van der Waals surface area contributed by atoms with E-state index in [4.69, 9.17) is 18.8 Å². The van der Waals surface area contributed by atoms with E-state index in [-0.39, 0.29) is 6.10 Å². The van der Waals surface area contributed by atoms with Gasteiger partial charge in [-0.3, -0.25) is 0 Å². The summed E-state index contributed by atoms with van der Waals surface area (Å²) in [7, 11) is -0.971. The fourth-order valence-corrected chi connectivity index (χ4v) is 2.62. The zero-order valence-corrected chi connectivity index (χ0v) is 14.7. The SMILES string of the molecule is CC1(C)OB(C(F)=Cc2ccc(OC3CCOC3)cc2)OC1(C)C. The zero-order valence-electron chi connectivity index (χ0n) is 14.7. The molecule has 2 aliphatic heterocycles. The van der Waals surface area contributed by atoms with Crippen LogP contribution >= 0.6 is 0 Å². The van der Waals surface area contributed by atoms with E-state index in [1.165, 1.54) is 6.08 Å². The Kier molecular flexibility index (Phi) is 4.73. The van der Waals surface area contributed by atoms with Gasteiger partial charge in [-0.25, -0.2) is 4.39 Å². The summed E-state index contributed by atoms with van der Waals surface area (Å²) in [6.45, 7) is 8.97. The molecule has 2 aliphatic rings. The predicted molar refractivity (Wildman–Crippen MR) is 91.5 cm³/mol. The molecule has 1 atom stereocenters. The number of hydrogen-bond acceptors (Lipinski definition) is 4. The lowest BCUT2D eigenvalue weighted by Crippen LogP contribution is -2.41. The van der Waals surface area contributed by atoms with E-state index < -0.39 is 24.0 Å². The van der Waals surface area contributed by atoms with E-state index in [2.05, 4.69) is 0 Å². The molecule has 0 spiro atoms. The van der Waals surface area contributed by atoms with Crippen molar-refractivity contribution in [3.8, 4) is 5.75 Å². The van der Waals surface area contributed by atoms with Crippen molar-refractivity contribution in [3.63, 3.8) is 0 Å². The maximum absolute atomic E-state index is 14.5. The topological polar surface area (TPSA) is 36.9 Å². The Morgan fingerprint density at radius 1 is 1.17 bits per heavy atom. The average molecular weight is 334 g/mol. The van der Waals surface area contributed by atoms with Gasteiger partial charge in [0, 0.05) is 6.42 Å². The molecule has 0 radical (unpaired) electrons. The number of rotatable bonds is 4. The molecule has 3 rings (SSSR count). The lowest BCUT2D eigenvalue weighted by atomic mass is 9.87. The van der Waals surface area contributed by atoms with Gasteiger partial charge in [-0.2, -0.15) is 0 Å². The molecule has 0 saturated carbocycles. The molecule has 0 aromatic heterocycles. The maximum atomic E-state index is 14.5. The molecule has 2 heterocycles. The van der Waals surface area contributed by atoms with Crippen molar-refractivity contribution in [2.45, 2.75) is 51.4 Å². The van der Waals surface area contributed by atoms with E-state index in [1.807, 2.05) is 52.0 Å². The summed E-state index contributed by atoms with van der Waals surface area (Å²) in [6, 6.07) is 7.30. The first-order chi connectivity index (χ1) is 11.3. The lowest BCUT2D eigenvalue weighted by Gasteiger charge is -2.32. The molecular formula is C18H24BFO4. The molecule has 1 aromatic rings. The van der Waals surface area contributed by atoms with Crippen LogP contribution in [-0.4, -0.2) is 37.6 Å². The van der Waals surface area contributed by atoms with Crippen LogP contribution in [0.1, 0.15) is 39.7 Å². The van der Waals surface area contributed by atoms with Crippen LogP contribution < -0.4 is 4.74 Å². The maximum Gasteiger partial charge on any atom is 0.525 e. The highest BCUT2D eigenvalue weighted by atomic mass is 19.1. The normalized spacial score (nSPS) is 26.0. The summed E-state index contributed by atoms with van der Waals surface area (Å²) in [5.74, 6) is 0.763. The molecule has 24 heavy (non-hydrogen) atoms. The van der Waals surface area contributed by atoms with Gasteiger partial charge in [0.05, 0.1) is 24.4 Å². The van der Waals surface area contributed by atoms with Crippen molar-refractivity contribution < 1.29 is 23.2 Å². The predicted octanol–water partition coefficient (Wildman–Crippen LogP) is 3.80. The Labute approximate surface area is 143 Å². The van der Waals surface area contributed by atoms with Crippen molar-refractivity contribution in [3.05, 3.63) is 35.6 Å². The Morgan fingerprint density at radius 3 is 2.33 bits per heavy atom. The van der Waals surface area contributed by atoms with Gasteiger partial charge in [0.15, 0.2) is 0 Å². The molecule has 0 N–H and O–H groups in total. The third kappa shape index (κ3) is 3.66. The largest absolute Gasteiger partial charge is 0.525 e. The number of benzene rings is 1. The monoisotopic (exact) mass is 334 g/mol. The fourth-order valence-electron chi connectivity index (χ4n) is 2.62. The highest BCUT2D eigenvalue weighted by Crippen LogP contribution is 2.39. The first kappa shape index (κ1) is 17.5. The number of halogens is 1. The molecule has 0 amide bonds. The van der Waals surface area contributed by atoms with E-state index in [0.29, 0.717) is 6.61 Å². The van der Waals surface area contributed by atoms with Crippen molar-refractivity contribution in [1.29, 1.82) is 0 Å². The molecule has 2 fully saturated rings. The molecule has 2 saturated heterocycles. The van der Waals surface area contributed by atoms with Crippen LogP contribution in [0.25, 0.3) is 6.08 Å². The molecule has 4 nitrogen and oxygen atoms in total. The third-order valence-electron chi connectivity index (χ3n) is 4.85. The summed E-state index contributed by atoms with van der Waals surface area (Å²) in [6.07, 6.45) is 2.44. The minimum Gasteiger partial charge on any atom is -0.488 e. The second-order valence-corrected chi connectivity index (χ2v) is 7.29. The van der Waals surface area contributed by atoms with Gasteiger partial charge in [-0.15, -0.1) is 0 Å². The first-order valence-electron chi connectivity index (χ1n) is 8.34. The van der Waals surface area contributed by atoms with Crippen LogP contribution in [0.4, 0.5) is 4.39 Å². The number of ether oxygens (including phenoxy) is 2. The quantitative estimate of drug-likeness (QED) is 0.785. The number of hydrogen-bond donors (Lipinski definition) is 0. The summed E-state index contributed by atoms with van der Waals surface area (Å²) < 4.78 is 37.0. The lowest BCUT2D eigenvalue weighted by molar-refractivity contribution is 0.00578. The standard InChI is InChI=1S/C18H24BFO4/c1-17(2)18(3,4)24-19(23-17)16(20)11-13-5-7-14(8-6-13)22-15-9-10-21-12-15/h5-8,11,15H,9-10,12H2,1-4H3. The zero-order chi connectivity index (χ0) is 17.4. The molecule has 6 heteroatoms. The van der Waals surface area contributed by atoms with Crippen molar-refractivity contribution >= 4 is 13.2 Å².